The maximum absolute atomic E-state index is 12.6. The van der Waals surface area contributed by atoms with E-state index in [1.807, 2.05) is 35.0 Å². The molecule has 0 aliphatic carbocycles. The lowest BCUT2D eigenvalue weighted by Gasteiger charge is -2.31. The molecule has 2 atom stereocenters. The Labute approximate surface area is 81.0 Å². The first-order valence-electron chi connectivity index (χ1n) is 4.82. The summed E-state index contributed by atoms with van der Waals surface area (Å²) in [6, 6.07) is 0. The van der Waals surface area contributed by atoms with Gasteiger partial charge >= 0.3 is 0 Å². The highest BCUT2D eigenvalue weighted by Gasteiger charge is 2.27. The minimum absolute atomic E-state index is 0.201. The second-order valence-corrected chi connectivity index (χ2v) is 5.10. The lowest BCUT2D eigenvalue weighted by Crippen LogP contribution is -2.45. The second kappa shape index (κ2) is 4.91. The molecular formula is C10H23FNO+. The summed E-state index contributed by atoms with van der Waals surface area (Å²) in [6.07, 6.45) is -0.537. The normalized spacial score (nSPS) is 17.5. The molecule has 0 spiro atoms. The van der Waals surface area contributed by atoms with Crippen molar-refractivity contribution in [3.8, 4) is 0 Å². The van der Waals surface area contributed by atoms with Gasteiger partial charge in [0.25, 0.3) is 0 Å². The van der Waals surface area contributed by atoms with Crippen LogP contribution >= 0.6 is 0 Å². The molecule has 0 amide bonds. The van der Waals surface area contributed by atoms with Crippen molar-refractivity contribution in [3.05, 3.63) is 0 Å². The fraction of sp³-hybridized carbons (Fsp3) is 1.00. The number of likely N-dealkylation sites (N-methyl/N-ethyl adjacent to an activating group) is 1. The van der Waals surface area contributed by atoms with Crippen LogP contribution in [0.1, 0.15) is 13.8 Å². The van der Waals surface area contributed by atoms with Crippen LogP contribution in [0.3, 0.4) is 0 Å². The summed E-state index contributed by atoms with van der Waals surface area (Å²) in [5.41, 5.74) is 0. The zero-order valence-electron chi connectivity index (χ0n) is 9.42. The van der Waals surface area contributed by atoms with Crippen molar-refractivity contribution in [1.82, 2.24) is 0 Å². The van der Waals surface area contributed by atoms with Gasteiger partial charge < -0.3 is 9.59 Å². The van der Waals surface area contributed by atoms with Crippen molar-refractivity contribution in [3.63, 3.8) is 0 Å². The van der Waals surface area contributed by atoms with E-state index in [1.54, 1.807) is 0 Å². The van der Waals surface area contributed by atoms with Gasteiger partial charge in [0.2, 0.25) is 0 Å². The average Bonchev–Trinajstić information content (AvgIpc) is 1.82. The molecule has 1 N–H and O–H groups in total. The molecule has 0 saturated carbocycles. The number of quaternary nitrogens is 1. The van der Waals surface area contributed by atoms with E-state index in [2.05, 4.69) is 0 Å². The van der Waals surface area contributed by atoms with Crippen LogP contribution in [0.15, 0.2) is 0 Å². The summed E-state index contributed by atoms with van der Waals surface area (Å²) in [5.74, 6) is -0.0242. The van der Waals surface area contributed by atoms with E-state index >= 15 is 0 Å². The van der Waals surface area contributed by atoms with Gasteiger partial charge in [0, 0.05) is 5.92 Å². The van der Waals surface area contributed by atoms with Crippen molar-refractivity contribution in [2.24, 2.45) is 11.8 Å². The third kappa shape index (κ3) is 5.21. The fourth-order valence-corrected chi connectivity index (χ4v) is 1.42. The van der Waals surface area contributed by atoms with Crippen molar-refractivity contribution < 1.29 is 14.0 Å². The standard InChI is InChI=1S/C10H23FNO/c1-8(2)9(6-11)10(13)7-12(3,4)5/h8-10,13H,6-7H2,1-5H3/q+1. The first-order chi connectivity index (χ1) is 5.78. The van der Waals surface area contributed by atoms with Crippen molar-refractivity contribution in [1.29, 1.82) is 0 Å². The monoisotopic (exact) mass is 192 g/mol. The maximum atomic E-state index is 12.6. The largest absolute Gasteiger partial charge is 0.387 e. The number of nitrogens with zero attached hydrogens (tertiary/aromatic N) is 1. The molecule has 0 aromatic carbocycles. The topological polar surface area (TPSA) is 20.2 Å². The lowest BCUT2D eigenvalue weighted by atomic mass is 9.91. The molecule has 2 nitrogen and oxygen atoms in total. The number of rotatable bonds is 5. The van der Waals surface area contributed by atoms with Crippen LogP contribution < -0.4 is 0 Å². The molecule has 0 radical (unpaired) electrons. The maximum Gasteiger partial charge on any atom is 0.108 e. The minimum Gasteiger partial charge on any atom is -0.387 e. The summed E-state index contributed by atoms with van der Waals surface area (Å²) in [6.45, 7) is 4.07. The third-order valence-corrected chi connectivity index (χ3v) is 2.26. The van der Waals surface area contributed by atoms with Gasteiger partial charge in [-0.15, -0.1) is 0 Å². The minimum atomic E-state index is -0.537. The van der Waals surface area contributed by atoms with Crippen molar-refractivity contribution in [2.45, 2.75) is 20.0 Å². The number of aliphatic hydroxyl groups is 1. The Morgan fingerprint density at radius 3 is 1.92 bits per heavy atom. The summed E-state index contributed by atoms with van der Waals surface area (Å²) >= 11 is 0. The summed E-state index contributed by atoms with van der Waals surface area (Å²) in [4.78, 5) is 0. The highest BCUT2D eigenvalue weighted by Crippen LogP contribution is 2.17. The van der Waals surface area contributed by atoms with Crippen LogP contribution in [0.5, 0.6) is 0 Å². The van der Waals surface area contributed by atoms with Gasteiger partial charge in [-0.1, -0.05) is 13.8 Å². The molecule has 0 fully saturated rings. The number of hydrogen-bond acceptors (Lipinski definition) is 1. The lowest BCUT2D eigenvalue weighted by molar-refractivity contribution is -0.874. The van der Waals surface area contributed by atoms with Crippen LogP contribution in [0.4, 0.5) is 4.39 Å². The predicted molar refractivity (Wildman–Crippen MR) is 53.2 cm³/mol. The SMILES string of the molecule is CC(C)C(CF)C(O)C[N+](C)(C)C. The third-order valence-electron chi connectivity index (χ3n) is 2.26. The molecule has 0 heterocycles. The van der Waals surface area contributed by atoms with E-state index in [0.29, 0.717) is 11.0 Å². The van der Waals surface area contributed by atoms with E-state index in [1.165, 1.54) is 0 Å². The molecular weight excluding hydrogens is 169 g/mol. The predicted octanol–water partition coefficient (Wildman–Crippen LogP) is 1.30. The van der Waals surface area contributed by atoms with Crippen LogP contribution in [-0.2, 0) is 0 Å². The summed E-state index contributed by atoms with van der Waals surface area (Å²) in [7, 11) is 6.00. The zero-order chi connectivity index (χ0) is 10.6. The van der Waals surface area contributed by atoms with Crippen LogP contribution in [-0.4, -0.2) is 50.1 Å². The van der Waals surface area contributed by atoms with E-state index in [-0.39, 0.29) is 11.8 Å². The highest BCUT2D eigenvalue weighted by molar-refractivity contribution is 4.70. The van der Waals surface area contributed by atoms with Gasteiger partial charge in [-0.25, -0.2) is 0 Å². The Balaban J connectivity index is 4.14. The van der Waals surface area contributed by atoms with Crippen molar-refractivity contribution in [2.75, 3.05) is 34.4 Å². The Kier molecular flexibility index (Phi) is 4.86. The van der Waals surface area contributed by atoms with E-state index in [4.69, 9.17) is 0 Å². The Bertz CT molecular complexity index is 142. The Hall–Kier alpha value is -0.150. The Morgan fingerprint density at radius 2 is 1.69 bits per heavy atom. The Morgan fingerprint density at radius 1 is 1.23 bits per heavy atom. The molecule has 0 aliphatic rings. The van der Waals surface area contributed by atoms with Crippen LogP contribution in [0, 0.1) is 11.8 Å². The molecule has 0 aromatic rings. The zero-order valence-corrected chi connectivity index (χ0v) is 9.42. The molecule has 0 bridgehead atoms. The number of hydrogen-bond donors (Lipinski definition) is 1. The highest BCUT2D eigenvalue weighted by atomic mass is 19.1. The summed E-state index contributed by atoms with van der Waals surface area (Å²) in [5, 5.41) is 9.76. The first kappa shape index (κ1) is 12.8. The van der Waals surface area contributed by atoms with Gasteiger partial charge in [-0.3, -0.25) is 4.39 Å². The molecule has 0 aromatic heterocycles. The molecule has 80 valence electrons. The smallest absolute Gasteiger partial charge is 0.108 e. The molecule has 13 heavy (non-hydrogen) atoms. The molecule has 0 saturated heterocycles. The van der Waals surface area contributed by atoms with Crippen molar-refractivity contribution >= 4 is 0 Å². The molecule has 3 heteroatoms. The average molecular weight is 192 g/mol. The fourth-order valence-electron chi connectivity index (χ4n) is 1.42. The van der Waals surface area contributed by atoms with Gasteiger partial charge in [-0.05, 0) is 5.92 Å². The van der Waals surface area contributed by atoms with Gasteiger partial charge in [0.05, 0.1) is 27.8 Å². The second-order valence-electron chi connectivity index (χ2n) is 5.10. The van der Waals surface area contributed by atoms with E-state index in [0.717, 1.165) is 0 Å². The number of alkyl halides is 1. The van der Waals surface area contributed by atoms with E-state index < -0.39 is 12.8 Å². The molecule has 2 unspecified atom stereocenters. The van der Waals surface area contributed by atoms with Crippen LogP contribution in [0.2, 0.25) is 0 Å². The van der Waals surface area contributed by atoms with Gasteiger partial charge in [0.15, 0.2) is 0 Å². The van der Waals surface area contributed by atoms with E-state index in [9.17, 15) is 9.50 Å². The quantitative estimate of drug-likeness (QED) is 0.651. The summed E-state index contributed by atoms with van der Waals surface area (Å²) < 4.78 is 13.2. The van der Waals surface area contributed by atoms with Gasteiger partial charge in [0.1, 0.15) is 12.6 Å². The number of halogens is 1. The first-order valence-corrected chi connectivity index (χ1v) is 4.82. The van der Waals surface area contributed by atoms with Gasteiger partial charge in [-0.2, -0.15) is 0 Å². The van der Waals surface area contributed by atoms with Crippen LogP contribution in [0.25, 0.3) is 0 Å². The molecule has 0 aliphatic heterocycles. The number of aliphatic hydroxyl groups excluding tert-OH is 1. The molecule has 0 rings (SSSR count).